The van der Waals surface area contributed by atoms with Crippen molar-refractivity contribution >= 4 is 23.4 Å². The molecule has 116 valence electrons. The van der Waals surface area contributed by atoms with Gasteiger partial charge >= 0.3 is 6.09 Å². The fourth-order valence-corrected chi connectivity index (χ4v) is 2.21. The Kier molecular flexibility index (Phi) is 6.10. The number of ether oxygens (including phenoxy) is 2. The van der Waals surface area contributed by atoms with Gasteiger partial charge in [-0.15, -0.1) is 11.6 Å². The molecule has 0 aliphatic heterocycles. The second kappa shape index (κ2) is 8.29. The van der Waals surface area contributed by atoms with Crippen LogP contribution in [0.3, 0.4) is 0 Å². The summed E-state index contributed by atoms with van der Waals surface area (Å²) in [5.74, 6) is 1.20. The number of anilines is 1. The Morgan fingerprint density at radius 1 is 1.09 bits per heavy atom. The fourth-order valence-electron chi connectivity index (χ4n) is 1.92. The summed E-state index contributed by atoms with van der Waals surface area (Å²) in [6.07, 6.45) is -0.499. The largest absolute Gasteiger partial charge is 0.490 e. The van der Waals surface area contributed by atoms with Crippen LogP contribution in [0.15, 0.2) is 48.5 Å². The molecule has 22 heavy (non-hydrogen) atoms. The fraction of sp³-hybridized carbons (Fsp3) is 0.235. The summed E-state index contributed by atoms with van der Waals surface area (Å²) < 4.78 is 10.7. The van der Waals surface area contributed by atoms with Crippen LogP contribution in [0.4, 0.5) is 10.5 Å². The van der Waals surface area contributed by atoms with E-state index in [0.29, 0.717) is 11.6 Å². The predicted octanol–water partition coefficient (Wildman–Crippen LogP) is 4.36. The Morgan fingerprint density at radius 2 is 1.86 bits per heavy atom. The van der Waals surface area contributed by atoms with Crippen molar-refractivity contribution in [1.82, 2.24) is 0 Å². The zero-order valence-electron chi connectivity index (χ0n) is 12.3. The zero-order valence-corrected chi connectivity index (χ0v) is 13.1. The third-order valence-electron chi connectivity index (χ3n) is 3.13. The minimum absolute atomic E-state index is 0.170. The Bertz CT molecular complexity index is 617. The number of hydrogen-bond donors (Lipinski definition) is 1. The quantitative estimate of drug-likeness (QED) is 0.635. The Labute approximate surface area is 135 Å². The molecule has 0 saturated carbocycles. The lowest BCUT2D eigenvalue weighted by molar-refractivity contribution is 0.137. The first-order chi connectivity index (χ1) is 10.7. The van der Waals surface area contributed by atoms with Crippen molar-refractivity contribution in [2.24, 2.45) is 0 Å². The predicted molar refractivity (Wildman–Crippen MR) is 87.6 cm³/mol. The van der Waals surface area contributed by atoms with E-state index >= 15 is 0 Å². The van der Waals surface area contributed by atoms with Crippen molar-refractivity contribution < 1.29 is 14.3 Å². The molecule has 0 radical (unpaired) electrons. The van der Waals surface area contributed by atoms with Crippen molar-refractivity contribution in [3.63, 3.8) is 0 Å². The average Bonchev–Trinajstić information content (AvgIpc) is 2.54. The van der Waals surface area contributed by atoms with Crippen LogP contribution < -0.4 is 10.1 Å². The molecule has 2 aromatic carbocycles. The summed E-state index contributed by atoms with van der Waals surface area (Å²) in [5.41, 5.74) is 2.73. The van der Waals surface area contributed by atoms with Gasteiger partial charge in [-0.3, -0.25) is 5.32 Å². The lowest BCUT2D eigenvalue weighted by Crippen LogP contribution is -2.17. The SMILES string of the molecule is Cc1c(CCl)cccc1OCCOC(=O)Nc1ccccc1. The molecule has 0 bridgehead atoms. The summed E-state index contributed by atoms with van der Waals surface area (Å²) in [6.45, 7) is 2.41. The van der Waals surface area contributed by atoms with Gasteiger partial charge in [0.2, 0.25) is 0 Å². The number of amides is 1. The second-order valence-corrected chi connectivity index (χ2v) is 4.92. The maximum Gasteiger partial charge on any atom is 0.411 e. The molecular weight excluding hydrogens is 302 g/mol. The maximum absolute atomic E-state index is 11.6. The number of hydrogen-bond acceptors (Lipinski definition) is 3. The van der Waals surface area contributed by atoms with Crippen LogP contribution in [0.2, 0.25) is 0 Å². The highest BCUT2D eigenvalue weighted by Crippen LogP contribution is 2.22. The third kappa shape index (κ3) is 4.67. The smallest absolute Gasteiger partial charge is 0.411 e. The van der Waals surface area contributed by atoms with Crippen LogP contribution in [0, 0.1) is 6.92 Å². The highest BCUT2D eigenvalue weighted by Gasteiger charge is 2.05. The summed E-state index contributed by atoms with van der Waals surface area (Å²) in [7, 11) is 0. The van der Waals surface area contributed by atoms with Gasteiger partial charge in [0.15, 0.2) is 0 Å². The van der Waals surface area contributed by atoms with Crippen LogP contribution in [0.25, 0.3) is 0 Å². The highest BCUT2D eigenvalue weighted by atomic mass is 35.5. The van der Waals surface area contributed by atoms with E-state index in [1.54, 1.807) is 12.1 Å². The monoisotopic (exact) mass is 319 g/mol. The van der Waals surface area contributed by atoms with E-state index in [0.717, 1.165) is 16.9 Å². The lowest BCUT2D eigenvalue weighted by atomic mass is 10.1. The molecule has 0 fully saturated rings. The molecule has 0 spiro atoms. The first kappa shape index (κ1) is 16.2. The van der Waals surface area contributed by atoms with Crippen LogP contribution in [-0.4, -0.2) is 19.3 Å². The molecule has 2 rings (SSSR count). The van der Waals surface area contributed by atoms with Crippen LogP contribution in [0.5, 0.6) is 5.75 Å². The summed E-state index contributed by atoms with van der Waals surface area (Å²) in [6, 6.07) is 14.9. The normalized spacial score (nSPS) is 10.1. The molecule has 1 amide bonds. The van der Waals surface area contributed by atoms with Crippen LogP contribution >= 0.6 is 11.6 Å². The third-order valence-corrected chi connectivity index (χ3v) is 3.42. The number of para-hydroxylation sites is 1. The van der Waals surface area contributed by atoms with Gasteiger partial charge in [-0.05, 0) is 36.2 Å². The molecule has 0 heterocycles. The number of nitrogens with one attached hydrogen (secondary N) is 1. The molecule has 0 saturated heterocycles. The topological polar surface area (TPSA) is 47.6 Å². The van der Waals surface area contributed by atoms with Crippen molar-refractivity contribution in [1.29, 1.82) is 0 Å². The van der Waals surface area contributed by atoms with E-state index in [2.05, 4.69) is 5.32 Å². The molecular formula is C17H18ClNO3. The van der Waals surface area contributed by atoms with Crippen molar-refractivity contribution in [3.05, 3.63) is 59.7 Å². The number of carbonyl (C=O) groups excluding carboxylic acids is 1. The summed E-state index contributed by atoms with van der Waals surface area (Å²) >= 11 is 5.85. The van der Waals surface area contributed by atoms with E-state index in [4.69, 9.17) is 21.1 Å². The van der Waals surface area contributed by atoms with Crippen molar-refractivity contribution in [2.45, 2.75) is 12.8 Å². The average molecular weight is 320 g/mol. The molecule has 2 aromatic rings. The number of alkyl halides is 1. The number of rotatable bonds is 6. The van der Waals surface area contributed by atoms with E-state index in [-0.39, 0.29) is 13.2 Å². The summed E-state index contributed by atoms with van der Waals surface area (Å²) in [5, 5.41) is 2.64. The van der Waals surface area contributed by atoms with E-state index in [9.17, 15) is 4.79 Å². The molecule has 1 N–H and O–H groups in total. The van der Waals surface area contributed by atoms with Crippen LogP contribution in [0.1, 0.15) is 11.1 Å². The number of carbonyl (C=O) groups is 1. The minimum atomic E-state index is -0.499. The standard InChI is InChI=1S/C17H18ClNO3/c1-13-14(12-18)6-5-9-16(13)21-10-11-22-17(20)19-15-7-3-2-4-8-15/h2-9H,10-12H2,1H3,(H,19,20). The zero-order chi connectivity index (χ0) is 15.8. The van der Waals surface area contributed by atoms with Crippen LogP contribution in [-0.2, 0) is 10.6 Å². The minimum Gasteiger partial charge on any atom is -0.490 e. The summed E-state index contributed by atoms with van der Waals surface area (Å²) in [4.78, 5) is 11.6. The first-order valence-corrected chi connectivity index (χ1v) is 7.50. The second-order valence-electron chi connectivity index (χ2n) is 4.65. The molecule has 0 aliphatic rings. The highest BCUT2D eigenvalue weighted by molar-refractivity contribution is 6.17. The Morgan fingerprint density at radius 3 is 2.59 bits per heavy atom. The molecule has 0 aromatic heterocycles. The van der Waals surface area contributed by atoms with Gasteiger partial charge < -0.3 is 9.47 Å². The van der Waals surface area contributed by atoms with Gasteiger partial charge in [0.25, 0.3) is 0 Å². The maximum atomic E-state index is 11.6. The van der Waals surface area contributed by atoms with Gasteiger partial charge in [0.1, 0.15) is 19.0 Å². The van der Waals surface area contributed by atoms with Crippen molar-refractivity contribution in [2.75, 3.05) is 18.5 Å². The molecule has 4 nitrogen and oxygen atoms in total. The van der Waals surface area contributed by atoms with Gasteiger partial charge in [0, 0.05) is 11.6 Å². The number of halogens is 1. The Hall–Kier alpha value is -2.20. The van der Waals surface area contributed by atoms with Gasteiger partial charge in [-0.2, -0.15) is 0 Å². The van der Waals surface area contributed by atoms with Gasteiger partial charge in [-0.25, -0.2) is 4.79 Å². The molecule has 0 atom stereocenters. The van der Waals surface area contributed by atoms with Crippen molar-refractivity contribution in [3.8, 4) is 5.75 Å². The first-order valence-electron chi connectivity index (χ1n) is 6.97. The molecule has 0 aliphatic carbocycles. The molecule has 0 unspecified atom stereocenters. The van der Waals surface area contributed by atoms with E-state index in [1.165, 1.54) is 0 Å². The lowest BCUT2D eigenvalue weighted by Gasteiger charge is -2.12. The van der Waals surface area contributed by atoms with Gasteiger partial charge in [0.05, 0.1) is 0 Å². The van der Waals surface area contributed by atoms with Gasteiger partial charge in [-0.1, -0.05) is 30.3 Å². The number of benzene rings is 2. The Balaban J connectivity index is 1.74. The molecule has 5 heteroatoms. The van der Waals surface area contributed by atoms with E-state index < -0.39 is 6.09 Å². The van der Waals surface area contributed by atoms with E-state index in [1.807, 2.05) is 43.3 Å².